The predicted molar refractivity (Wildman–Crippen MR) is 118 cm³/mol. The summed E-state index contributed by atoms with van der Waals surface area (Å²) >= 11 is 3.55. The highest BCUT2D eigenvalue weighted by Gasteiger charge is 2.43. The van der Waals surface area contributed by atoms with Gasteiger partial charge in [-0.1, -0.05) is 42.8 Å². The fourth-order valence-electron chi connectivity index (χ4n) is 4.53. The van der Waals surface area contributed by atoms with E-state index in [4.69, 9.17) is 9.98 Å². The van der Waals surface area contributed by atoms with Crippen LogP contribution in [-0.4, -0.2) is 21.1 Å². The number of hydrogen-bond acceptors (Lipinski definition) is 5. The number of dihydropyridines is 1. The van der Waals surface area contributed by atoms with Crippen LogP contribution in [0.25, 0.3) is 0 Å². The highest BCUT2D eigenvalue weighted by molar-refractivity contribution is 8.02. The maximum absolute atomic E-state index is 13.2. The average molecular weight is 426 g/mol. The molecule has 2 unspecified atom stereocenters. The van der Waals surface area contributed by atoms with Gasteiger partial charge in [-0.05, 0) is 55.4 Å². The molecule has 1 aromatic carbocycles. The molecule has 150 valence electrons. The first kappa shape index (κ1) is 19.3. The normalized spacial score (nSPS) is 22.3. The fourth-order valence-corrected chi connectivity index (χ4v) is 7.01. The van der Waals surface area contributed by atoms with E-state index in [-0.39, 0.29) is 11.2 Å². The van der Waals surface area contributed by atoms with Crippen LogP contribution >= 0.6 is 23.5 Å². The van der Waals surface area contributed by atoms with Gasteiger partial charge in [-0.15, -0.1) is 11.8 Å². The Morgan fingerprint density at radius 1 is 1.17 bits per heavy atom. The number of thioether (sulfide) groups is 2. The second-order valence-corrected chi connectivity index (χ2v) is 9.92. The standard InChI is InChI=1S/C23H24FN3S2/c1-2-3-7-18-16-5-4-6-17(16)19-20-21(29-22(19)27-18)23(26-13-25-20)28-12-14-8-10-15(24)11-9-14/h8-11,13,19,22H,2-7,12H2,1H3. The molecule has 1 aliphatic carbocycles. The number of rotatable bonds is 6. The van der Waals surface area contributed by atoms with E-state index < -0.39 is 0 Å². The molecule has 0 N–H and O–H groups in total. The second kappa shape index (κ2) is 8.23. The third-order valence-electron chi connectivity index (χ3n) is 5.94. The van der Waals surface area contributed by atoms with Gasteiger partial charge in [0.2, 0.25) is 0 Å². The molecular weight excluding hydrogens is 401 g/mol. The zero-order chi connectivity index (χ0) is 19.8. The van der Waals surface area contributed by atoms with Crippen LogP contribution < -0.4 is 0 Å². The van der Waals surface area contributed by atoms with Crippen molar-refractivity contribution in [1.82, 2.24) is 9.97 Å². The molecule has 3 nitrogen and oxygen atoms in total. The Morgan fingerprint density at radius 3 is 2.86 bits per heavy atom. The van der Waals surface area contributed by atoms with Crippen molar-refractivity contribution in [3.63, 3.8) is 0 Å². The van der Waals surface area contributed by atoms with Gasteiger partial charge < -0.3 is 0 Å². The Labute approximate surface area is 179 Å². The number of aromatic nitrogens is 2. The highest BCUT2D eigenvalue weighted by Crippen LogP contribution is 2.56. The second-order valence-electron chi connectivity index (χ2n) is 7.83. The van der Waals surface area contributed by atoms with E-state index in [1.807, 2.05) is 23.9 Å². The molecule has 0 radical (unpaired) electrons. The van der Waals surface area contributed by atoms with Gasteiger partial charge in [-0.2, -0.15) is 0 Å². The monoisotopic (exact) mass is 425 g/mol. The SMILES string of the molecule is CCCCC1=NC2Sc3c(SCc4ccc(F)cc4)ncnc3C2C2=C1CCC2. The third kappa shape index (κ3) is 3.66. The average Bonchev–Trinajstić information content (AvgIpc) is 3.36. The molecule has 5 rings (SSSR count). The minimum atomic E-state index is -0.196. The van der Waals surface area contributed by atoms with Crippen molar-refractivity contribution >= 4 is 29.2 Å². The number of fused-ring (bicyclic) bond motifs is 4. The van der Waals surface area contributed by atoms with Crippen LogP contribution in [0.15, 0.2) is 56.7 Å². The maximum atomic E-state index is 13.2. The smallest absolute Gasteiger partial charge is 0.123 e. The molecule has 0 spiro atoms. The van der Waals surface area contributed by atoms with Crippen LogP contribution in [0.2, 0.25) is 0 Å². The Balaban J connectivity index is 1.42. The van der Waals surface area contributed by atoms with E-state index in [0.29, 0.717) is 5.92 Å². The minimum absolute atomic E-state index is 0.196. The van der Waals surface area contributed by atoms with Crippen molar-refractivity contribution in [1.29, 1.82) is 0 Å². The molecule has 0 saturated carbocycles. The van der Waals surface area contributed by atoms with Crippen molar-refractivity contribution in [2.75, 3.05) is 0 Å². The van der Waals surface area contributed by atoms with Crippen LogP contribution in [0.5, 0.6) is 0 Å². The minimum Gasteiger partial charge on any atom is -0.274 e. The van der Waals surface area contributed by atoms with Gasteiger partial charge in [0.05, 0.1) is 16.5 Å². The summed E-state index contributed by atoms with van der Waals surface area (Å²) in [6.07, 6.45) is 8.84. The summed E-state index contributed by atoms with van der Waals surface area (Å²) in [5.41, 5.74) is 6.76. The van der Waals surface area contributed by atoms with Crippen LogP contribution in [0.4, 0.5) is 4.39 Å². The molecule has 0 fully saturated rings. The zero-order valence-corrected chi connectivity index (χ0v) is 18.2. The van der Waals surface area contributed by atoms with Crippen LogP contribution in [-0.2, 0) is 5.75 Å². The molecule has 6 heteroatoms. The Kier molecular flexibility index (Phi) is 5.48. The third-order valence-corrected chi connectivity index (χ3v) is 8.39. The number of benzene rings is 1. The lowest BCUT2D eigenvalue weighted by molar-refractivity contribution is 0.627. The van der Waals surface area contributed by atoms with Gasteiger partial charge in [0, 0.05) is 11.5 Å². The number of allylic oxidation sites excluding steroid dienone is 1. The molecule has 0 bridgehead atoms. The lowest BCUT2D eigenvalue weighted by Gasteiger charge is -2.26. The van der Waals surface area contributed by atoms with Crippen LogP contribution in [0.3, 0.4) is 0 Å². The van der Waals surface area contributed by atoms with Crippen molar-refractivity contribution in [3.8, 4) is 0 Å². The molecule has 2 aliphatic heterocycles. The molecule has 2 atom stereocenters. The largest absolute Gasteiger partial charge is 0.274 e. The number of nitrogens with zero attached hydrogens (tertiary/aromatic N) is 3. The van der Waals surface area contributed by atoms with Gasteiger partial charge in [0.1, 0.15) is 22.5 Å². The van der Waals surface area contributed by atoms with Gasteiger partial charge in [0.25, 0.3) is 0 Å². The van der Waals surface area contributed by atoms with Gasteiger partial charge >= 0.3 is 0 Å². The van der Waals surface area contributed by atoms with E-state index in [0.717, 1.165) is 22.8 Å². The summed E-state index contributed by atoms with van der Waals surface area (Å²) in [7, 11) is 0. The van der Waals surface area contributed by atoms with Gasteiger partial charge in [-0.25, -0.2) is 14.4 Å². The van der Waals surface area contributed by atoms with Gasteiger partial charge in [-0.3, -0.25) is 4.99 Å². The number of halogens is 1. The molecular formula is C23H24FN3S2. The summed E-state index contributed by atoms with van der Waals surface area (Å²) in [5, 5.41) is 1.25. The van der Waals surface area contributed by atoms with Crippen molar-refractivity contribution in [3.05, 3.63) is 58.8 Å². The molecule has 29 heavy (non-hydrogen) atoms. The van der Waals surface area contributed by atoms with E-state index >= 15 is 0 Å². The van der Waals surface area contributed by atoms with Crippen LogP contribution in [0.1, 0.15) is 62.6 Å². The van der Waals surface area contributed by atoms with E-state index in [1.54, 1.807) is 23.7 Å². The van der Waals surface area contributed by atoms with Crippen LogP contribution in [0, 0.1) is 5.82 Å². The first-order valence-corrected chi connectivity index (χ1v) is 12.3. The van der Waals surface area contributed by atoms with Gasteiger partial charge in [0.15, 0.2) is 0 Å². The number of aliphatic imine (C=N–C) groups is 1. The summed E-state index contributed by atoms with van der Waals surface area (Å²) in [4.78, 5) is 15.7. The first-order valence-electron chi connectivity index (χ1n) is 10.4. The van der Waals surface area contributed by atoms with Crippen molar-refractivity contribution in [2.24, 2.45) is 4.99 Å². The molecule has 1 aromatic heterocycles. The zero-order valence-electron chi connectivity index (χ0n) is 16.5. The van der Waals surface area contributed by atoms with E-state index in [1.165, 1.54) is 66.1 Å². The molecule has 0 amide bonds. The Bertz CT molecular complexity index is 984. The van der Waals surface area contributed by atoms with E-state index in [2.05, 4.69) is 11.9 Å². The predicted octanol–water partition coefficient (Wildman–Crippen LogP) is 6.55. The highest BCUT2D eigenvalue weighted by atomic mass is 32.2. The number of hydrogen-bond donors (Lipinski definition) is 0. The lowest BCUT2D eigenvalue weighted by Crippen LogP contribution is -2.21. The topological polar surface area (TPSA) is 38.1 Å². The number of unbranched alkanes of at least 4 members (excludes halogenated alkanes) is 1. The summed E-state index contributed by atoms with van der Waals surface area (Å²) in [6.45, 7) is 2.25. The lowest BCUT2D eigenvalue weighted by atomic mass is 9.87. The maximum Gasteiger partial charge on any atom is 0.123 e. The van der Waals surface area contributed by atoms with E-state index in [9.17, 15) is 4.39 Å². The summed E-state index contributed by atoms with van der Waals surface area (Å²) in [5.74, 6) is 0.906. The summed E-state index contributed by atoms with van der Waals surface area (Å²) in [6, 6.07) is 6.72. The molecule has 2 aromatic rings. The molecule has 0 saturated heterocycles. The van der Waals surface area contributed by atoms with Crippen molar-refractivity contribution < 1.29 is 4.39 Å². The quantitative estimate of drug-likeness (QED) is 0.389. The molecule has 3 heterocycles. The fraction of sp³-hybridized carbons (Fsp3) is 0.435. The Morgan fingerprint density at radius 2 is 2.03 bits per heavy atom. The Hall–Kier alpha value is -1.66. The van der Waals surface area contributed by atoms with Crippen molar-refractivity contribution in [2.45, 2.75) is 72.4 Å². The summed E-state index contributed by atoms with van der Waals surface area (Å²) < 4.78 is 13.2. The first-order chi connectivity index (χ1) is 14.2. The molecule has 3 aliphatic rings.